The minimum Gasteiger partial charge on any atom is -0.369 e. The van der Waals surface area contributed by atoms with E-state index in [-0.39, 0.29) is 6.10 Å². The SMILES string of the molecule is CC#CC(CC/C=C/C1CC1)OC. The van der Waals surface area contributed by atoms with E-state index in [1.807, 2.05) is 6.92 Å². The molecule has 1 saturated carbocycles. The molecule has 0 radical (unpaired) electrons. The molecule has 1 rings (SSSR count). The summed E-state index contributed by atoms with van der Waals surface area (Å²) in [5.41, 5.74) is 0. The maximum Gasteiger partial charge on any atom is 0.118 e. The molecule has 0 aromatic heterocycles. The van der Waals surface area contributed by atoms with Gasteiger partial charge >= 0.3 is 0 Å². The van der Waals surface area contributed by atoms with E-state index in [1.54, 1.807) is 7.11 Å². The van der Waals surface area contributed by atoms with Gasteiger partial charge in [0.1, 0.15) is 6.10 Å². The van der Waals surface area contributed by atoms with Crippen molar-refractivity contribution in [1.82, 2.24) is 0 Å². The van der Waals surface area contributed by atoms with E-state index in [1.165, 1.54) is 12.8 Å². The standard InChI is InChI=1S/C12H18O/c1-3-6-12(13-2)8-5-4-7-11-9-10-11/h4,7,11-12H,5,8-10H2,1-2H3/b7-4+. The minimum absolute atomic E-state index is 0.119. The van der Waals surface area contributed by atoms with Crippen LogP contribution in [0.2, 0.25) is 0 Å². The van der Waals surface area contributed by atoms with E-state index in [0.717, 1.165) is 18.8 Å². The largest absolute Gasteiger partial charge is 0.369 e. The fraction of sp³-hybridized carbons (Fsp3) is 0.667. The highest BCUT2D eigenvalue weighted by Gasteiger charge is 2.16. The zero-order valence-electron chi connectivity index (χ0n) is 8.55. The van der Waals surface area contributed by atoms with Crippen LogP contribution in [0.1, 0.15) is 32.6 Å². The molecule has 1 heteroatoms. The maximum atomic E-state index is 5.21. The topological polar surface area (TPSA) is 9.23 Å². The molecule has 1 aliphatic rings. The molecule has 1 nitrogen and oxygen atoms in total. The predicted octanol–water partition coefficient (Wildman–Crippen LogP) is 2.77. The van der Waals surface area contributed by atoms with E-state index < -0.39 is 0 Å². The molecule has 0 aliphatic heterocycles. The van der Waals surface area contributed by atoms with Crippen molar-refractivity contribution >= 4 is 0 Å². The number of rotatable bonds is 5. The Bertz CT molecular complexity index is 215. The average Bonchev–Trinajstić information content (AvgIpc) is 2.94. The van der Waals surface area contributed by atoms with Gasteiger partial charge in [-0.1, -0.05) is 18.1 Å². The summed E-state index contributed by atoms with van der Waals surface area (Å²) >= 11 is 0. The van der Waals surface area contributed by atoms with Crippen molar-refractivity contribution in [2.24, 2.45) is 5.92 Å². The normalized spacial score (nSPS) is 18.3. The Morgan fingerprint density at radius 3 is 2.85 bits per heavy atom. The summed E-state index contributed by atoms with van der Waals surface area (Å²) in [4.78, 5) is 0. The number of hydrogen-bond acceptors (Lipinski definition) is 1. The molecule has 0 aromatic carbocycles. The summed E-state index contributed by atoms with van der Waals surface area (Å²) in [7, 11) is 1.72. The first kappa shape index (κ1) is 10.3. The van der Waals surface area contributed by atoms with Crippen molar-refractivity contribution in [3.63, 3.8) is 0 Å². The van der Waals surface area contributed by atoms with Gasteiger partial charge in [0.25, 0.3) is 0 Å². The fourth-order valence-corrected chi connectivity index (χ4v) is 1.23. The molecule has 0 N–H and O–H groups in total. The lowest BCUT2D eigenvalue weighted by Crippen LogP contribution is -2.06. The third-order valence-electron chi connectivity index (χ3n) is 2.22. The zero-order chi connectivity index (χ0) is 9.52. The van der Waals surface area contributed by atoms with E-state index >= 15 is 0 Å². The Morgan fingerprint density at radius 1 is 1.54 bits per heavy atom. The second-order valence-corrected chi connectivity index (χ2v) is 3.46. The van der Waals surface area contributed by atoms with E-state index in [4.69, 9.17) is 4.74 Å². The number of allylic oxidation sites excluding steroid dienone is 2. The van der Waals surface area contributed by atoms with E-state index in [0.29, 0.717) is 0 Å². The molecule has 72 valence electrons. The van der Waals surface area contributed by atoms with Crippen LogP contribution < -0.4 is 0 Å². The van der Waals surface area contributed by atoms with Crippen molar-refractivity contribution in [3.05, 3.63) is 12.2 Å². The molecule has 1 unspecified atom stereocenters. The van der Waals surface area contributed by atoms with Crippen LogP contribution in [-0.2, 0) is 4.74 Å². The van der Waals surface area contributed by atoms with Crippen LogP contribution in [0.4, 0.5) is 0 Å². The van der Waals surface area contributed by atoms with Crippen LogP contribution in [0.3, 0.4) is 0 Å². The van der Waals surface area contributed by atoms with E-state index in [9.17, 15) is 0 Å². The van der Waals surface area contributed by atoms with Crippen molar-refractivity contribution in [3.8, 4) is 11.8 Å². The highest BCUT2D eigenvalue weighted by atomic mass is 16.5. The Labute approximate surface area is 81.2 Å². The monoisotopic (exact) mass is 178 g/mol. The summed E-state index contributed by atoms with van der Waals surface area (Å²) < 4.78 is 5.21. The molecule has 0 saturated heterocycles. The average molecular weight is 178 g/mol. The van der Waals surface area contributed by atoms with Gasteiger partial charge in [0, 0.05) is 7.11 Å². The van der Waals surface area contributed by atoms with Gasteiger partial charge < -0.3 is 4.74 Å². The van der Waals surface area contributed by atoms with Crippen LogP contribution >= 0.6 is 0 Å². The lowest BCUT2D eigenvalue weighted by Gasteiger charge is -2.05. The summed E-state index contributed by atoms with van der Waals surface area (Å²) in [6, 6.07) is 0. The van der Waals surface area contributed by atoms with Crippen molar-refractivity contribution in [2.75, 3.05) is 7.11 Å². The van der Waals surface area contributed by atoms with Crippen LogP contribution in [0.15, 0.2) is 12.2 Å². The Kier molecular flexibility index (Phi) is 4.64. The zero-order valence-corrected chi connectivity index (χ0v) is 8.55. The van der Waals surface area contributed by atoms with Gasteiger partial charge in [0.15, 0.2) is 0 Å². The first-order valence-electron chi connectivity index (χ1n) is 4.98. The molecule has 0 heterocycles. The highest BCUT2D eigenvalue weighted by molar-refractivity contribution is 5.03. The Morgan fingerprint density at radius 2 is 2.31 bits per heavy atom. The van der Waals surface area contributed by atoms with Gasteiger partial charge in [0.2, 0.25) is 0 Å². The number of ether oxygens (including phenoxy) is 1. The summed E-state index contributed by atoms with van der Waals surface area (Å²) in [5, 5.41) is 0. The smallest absolute Gasteiger partial charge is 0.118 e. The highest BCUT2D eigenvalue weighted by Crippen LogP contribution is 2.30. The molecule has 0 spiro atoms. The maximum absolute atomic E-state index is 5.21. The van der Waals surface area contributed by atoms with Crippen LogP contribution in [0.5, 0.6) is 0 Å². The van der Waals surface area contributed by atoms with Crippen LogP contribution in [0, 0.1) is 17.8 Å². The molecule has 0 bridgehead atoms. The third-order valence-corrected chi connectivity index (χ3v) is 2.22. The second kappa shape index (κ2) is 5.83. The molecule has 0 aromatic rings. The summed E-state index contributed by atoms with van der Waals surface area (Å²) in [6.07, 6.45) is 9.59. The molecule has 13 heavy (non-hydrogen) atoms. The molecule has 1 aliphatic carbocycles. The molecule has 0 amide bonds. The molecular formula is C12H18O. The fourth-order valence-electron chi connectivity index (χ4n) is 1.23. The Balaban J connectivity index is 2.09. The first-order chi connectivity index (χ1) is 6.36. The van der Waals surface area contributed by atoms with E-state index in [2.05, 4.69) is 24.0 Å². The van der Waals surface area contributed by atoms with Gasteiger partial charge in [0.05, 0.1) is 0 Å². The summed E-state index contributed by atoms with van der Waals surface area (Å²) in [5.74, 6) is 6.80. The minimum atomic E-state index is 0.119. The van der Waals surface area contributed by atoms with Crippen LogP contribution in [-0.4, -0.2) is 13.2 Å². The Hall–Kier alpha value is -0.740. The van der Waals surface area contributed by atoms with Gasteiger partial charge in [-0.25, -0.2) is 0 Å². The van der Waals surface area contributed by atoms with Gasteiger partial charge in [-0.2, -0.15) is 0 Å². The lowest BCUT2D eigenvalue weighted by molar-refractivity contribution is 0.142. The molecular weight excluding hydrogens is 160 g/mol. The lowest BCUT2D eigenvalue weighted by atomic mass is 10.2. The summed E-state index contributed by atoms with van der Waals surface area (Å²) in [6.45, 7) is 1.85. The van der Waals surface area contributed by atoms with Crippen molar-refractivity contribution in [1.29, 1.82) is 0 Å². The second-order valence-electron chi connectivity index (χ2n) is 3.46. The quantitative estimate of drug-likeness (QED) is 0.464. The predicted molar refractivity (Wildman–Crippen MR) is 55.3 cm³/mol. The molecule has 1 atom stereocenters. The molecule has 1 fully saturated rings. The first-order valence-corrected chi connectivity index (χ1v) is 4.98. The van der Waals surface area contributed by atoms with Crippen molar-refractivity contribution < 1.29 is 4.74 Å². The van der Waals surface area contributed by atoms with Crippen molar-refractivity contribution in [2.45, 2.75) is 38.7 Å². The third kappa shape index (κ3) is 4.75. The van der Waals surface area contributed by atoms with Crippen LogP contribution in [0.25, 0.3) is 0 Å². The van der Waals surface area contributed by atoms with Gasteiger partial charge in [-0.15, -0.1) is 5.92 Å². The number of hydrogen-bond donors (Lipinski definition) is 0. The van der Waals surface area contributed by atoms with Gasteiger partial charge in [-0.05, 0) is 38.5 Å². The van der Waals surface area contributed by atoms with Gasteiger partial charge in [-0.3, -0.25) is 0 Å². The number of methoxy groups -OCH3 is 1.